The number of alkyl halides is 1. The van der Waals surface area contributed by atoms with Crippen molar-refractivity contribution in [2.45, 2.75) is 20.8 Å². The molecule has 96 valence electrons. The summed E-state index contributed by atoms with van der Waals surface area (Å²) in [4.78, 5) is 0. The molecule has 0 saturated carbocycles. The second-order valence-corrected chi connectivity index (χ2v) is 6.59. The molecule has 0 aliphatic rings. The summed E-state index contributed by atoms with van der Waals surface area (Å²) in [5.74, 6) is 1.11. The zero-order chi connectivity index (χ0) is 13.1. The van der Waals surface area contributed by atoms with Crippen LogP contribution in [0.25, 0.3) is 0 Å². The maximum atomic E-state index is 6.05. The van der Waals surface area contributed by atoms with Crippen LogP contribution >= 0.6 is 39.1 Å². The molecule has 1 aromatic rings. The van der Waals surface area contributed by atoms with Gasteiger partial charge >= 0.3 is 0 Å². The quantitative estimate of drug-likeness (QED) is 0.664. The van der Waals surface area contributed by atoms with Gasteiger partial charge in [-0.05, 0) is 23.6 Å². The average molecular weight is 340 g/mol. The molecule has 4 heteroatoms. The van der Waals surface area contributed by atoms with Crippen molar-refractivity contribution in [1.29, 1.82) is 0 Å². The summed E-state index contributed by atoms with van der Waals surface area (Å²) < 4.78 is 5.75. The number of rotatable bonds is 4. The molecule has 1 unspecified atom stereocenters. The molecular weight excluding hydrogens is 323 g/mol. The van der Waals surface area contributed by atoms with Crippen LogP contribution in [0.4, 0.5) is 0 Å². The first-order valence-corrected chi connectivity index (χ1v) is 7.36. The number of benzene rings is 1. The van der Waals surface area contributed by atoms with E-state index in [9.17, 15) is 0 Å². The molecule has 1 atom stereocenters. The van der Waals surface area contributed by atoms with Crippen molar-refractivity contribution in [3.63, 3.8) is 0 Å². The van der Waals surface area contributed by atoms with E-state index < -0.39 is 0 Å². The Morgan fingerprint density at radius 1 is 1.29 bits per heavy atom. The van der Waals surface area contributed by atoms with Gasteiger partial charge in [0.2, 0.25) is 0 Å². The Morgan fingerprint density at radius 3 is 2.41 bits per heavy atom. The number of ether oxygens (including phenoxy) is 1. The summed E-state index contributed by atoms with van der Waals surface area (Å²) in [6.07, 6.45) is 0. The van der Waals surface area contributed by atoms with Crippen molar-refractivity contribution >= 4 is 39.1 Å². The maximum absolute atomic E-state index is 6.05. The lowest BCUT2D eigenvalue weighted by Gasteiger charge is -2.29. The normalized spacial score (nSPS) is 13.5. The zero-order valence-electron chi connectivity index (χ0n) is 10.3. The van der Waals surface area contributed by atoms with Gasteiger partial charge in [-0.25, -0.2) is 0 Å². The highest BCUT2D eigenvalue weighted by molar-refractivity contribution is 9.09. The van der Waals surface area contributed by atoms with Crippen molar-refractivity contribution in [3.05, 3.63) is 28.2 Å². The number of halogens is 3. The highest BCUT2D eigenvalue weighted by Crippen LogP contribution is 2.31. The molecule has 0 aliphatic heterocycles. The third kappa shape index (κ3) is 4.69. The van der Waals surface area contributed by atoms with E-state index in [4.69, 9.17) is 27.9 Å². The molecule has 0 amide bonds. The Kier molecular flexibility index (Phi) is 5.62. The molecule has 0 fully saturated rings. The lowest BCUT2D eigenvalue weighted by Crippen LogP contribution is -2.27. The van der Waals surface area contributed by atoms with Crippen LogP contribution in [0.2, 0.25) is 10.0 Å². The SMILES string of the molecule is CC(C)(C)C(CBr)COc1ccc(Cl)cc1Cl. The molecule has 0 saturated heterocycles. The first-order chi connectivity index (χ1) is 7.84. The fraction of sp³-hybridized carbons (Fsp3) is 0.538. The molecular formula is C13H17BrCl2O. The minimum absolute atomic E-state index is 0.197. The molecule has 0 bridgehead atoms. The first kappa shape index (κ1) is 15.1. The lowest BCUT2D eigenvalue weighted by atomic mass is 9.83. The highest BCUT2D eigenvalue weighted by Gasteiger charge is 2.24. The van der Waals surface area contributed by atoms with E-state index in [2.05, 4.69) is 36.7 Å². The molecule has 0 spiro atoms. The Balaban J connectivity index is 2.66. The van der Waals surface area contributed by atoms with Gasteiger partial charge in [-0.15, -0.1) is 0 Å². The standard InChI is InChI=1S/C13H17BrCl2O/c1-13(2,3)9(7-14)8-17-12-5-4-10(15)6-11(12)16/h4-6,9H,7-8H2,1-3H3. The third-order valence-electron chi connectivity index (χ3n) is 2.74. The van der Waals surface area contributed by atoms with Gasteiger partial charge in [0.1, 0.15) is 5.75 Å². The molecule has 0 radical (unpaired) electrons. The second-order valence-electron chi connectivity index (χ2n) is 5.10. The van der Waals surface area contributed by atoms with Gasteiger partial charge in [-0.1, -0.05) is 59.9 Å². The Bertz CT molecular complexity index is 374. The molecule has 0 aromatic heterocycles. The fourth-order valence-electron chi connectivity index (χ4n) is 1.31. The Labute approximate surface area is 122 Å². The smallest absolute Gasteiger partial charge is 0.137 e. The van der Waals surface area contributed by atoms with Crippen LogP contribution in [0.15, 0.2) is 18.2 Å². The van der Waals surface area contributed by atoms with E-state index in [1.807, 2.05) is 0 Å². The molecule has 0 heterocycles. The molecule has 17 heavy (non-hydrogen) atoms. The lowest BCUT2D eigenvalue weighted by molar-refractivity contribution is 0.166. The van der Waals surface area contributed by atoms with Gasteiger partial charge in [0.05, 0.1) is 11.6 Å². The van der Waals surface area contributed by atoms with E-state index >= 15 is 0 Å². The number of hydrogen-bond acceptors (Lipinski definition) is 1. The van der Waals surface area contributed by atoms with Gasteiger partial charge in [-0.3, -0.25) is 0 Å². The van der Waals surface area contributed by atoms with Gasteiger partial charge in [0.15, 0.2) is 0 Å². The van der Waals surface area contributed by atoms with Crippen molar-refractivity contribution in [3.8, 4) is 5.75 Å². The summed E-state index contributed by atoms with van der Waals surface area (Å²) in [5, 5.41) is 2.08. The molecule has 1 nitrogen and oxygen atoms in total. The van der Waals surface area contributed by atoms with Crippen LogP contribution in [0, 0.1) is 11.3 Å². The van der Waals surface area contributed by atoms with Crippen LogP contribution in [-0.4, -0.2) is 11.9 Å². The fourth-order valence-corrected chi connectivity index (χ4v) is 2.93. The summed E-state index contributed by atoms with van der Waals surface area (Å²) >= 11 is 15.4. The van der Waals surface area contributed by atoms with Crippen LogP contribution < -0.4 is 4.74 Å². The molecule has 0 N–H and O–H groups in total. The predicted octanol–water partition coefficient (Wildman–Crippen LogP) is 5.43. The van der Waals surface area contributed by atoms with Crippen LogP contribution in [0.3, 0.4) is 0 Å². The Hall–Kier alpha value is 0.0800. The van der Waals surface area contributed by atoms with E-state index in [0.29, 0.717) is 28.3 Å². The van der Waals surface area contributed by atoms with Crippen molar-refractivity contribution in [2.75, 3.05) is 11.9 Å². The van der Waals surface area contributed by atoms with E-state index in [-0.39, 0.29) is 5.41 Å². The first-order valence-electron chi connectivity index (χ1n) is 5.48. The van der Waals surface area contributed by atoms with Crippen molar-refractivity contribution in [1.82, 2.24) is 0 Å². The van der Waals surface area contributed by atoms with Crippen LogP contribution in [0.1, 0.15) is 20.8 Å². The average Bonchev–Trinajstić information content (AvgIpc) is 2.19. The summed E-state index contributed by atoms with van der Waals surface area (Å²) in [6, 6.07) is 5.28. The van der Waals surface area contributed by atoms with Gasteiger partial charge in [-0.2, -0.15) is 0 Å². The second kappa shape index (κ2) is 6.31. The number of hydrogen-bond donors (Lipinski definition) is 0. The topological polar surface area (TPSA) is 9.23 Å². The van der Waals surface area contributed by atoms with Crippen molar-refractivity contribution < 1.29 is 4.74 Å². The minimum Gasteiger partial charge on any atom is -0.492 e. The maximum Gasteiger partial charge on any atom is 0.137 e. The zero-order valence-corrected chi connectivity index (χ0v) is 13.4. The highest BCUT2D eigenvalue weighted by atomic mass is 79.9. The third-order valence-corrected chi connectivity index (χ3v) is 4.06. The molecule has 0 aliphatic carbocycles. The molecule has 1 rings (SSSR count). The van der Waals surface area contributed by atoms with Gasteiger partial charge < -0.3 is 4.74 Å². The predicted molar refractivity (Wildman–Crippen MR) is 78.7 cm³/mol. The molecule has 1 aromatic carbocycles. The summed E-state index contributed by atoms with van der Waals surface area (Å²) in [5.41, 5.74) is 0.197. The van der Waals surface area contributed by atoms with E-state index in [1.165, 1.54) is 0 Å². The van der Waals surface area contributed by atoms with Crippen LogP contribution in [0.5, 0.6) is 5.75 Å². The van der Waals surface area contributed by atoms with Crippen LogP contribution in [-0.2, 0) is 0 Å². The minimum atomic E-state index is 0.197. The van der Waals surface area contributed by atoms with Gasteiger partial charge in [0.25, 0.3) is 0 Å². The monoisotopic (exact) mass is 338 g/mol. The summed E-state index contributed by atoms with van der Waals surface area (Å²) in [6.45, 7) is 7.24. The largest absolute Gasteiger partial charge is 0.492 e. The van der Waals surface area contributed by atoms with Crippen molar-refractivity contribution in [2.24, 2.45) is 11.3 Å². The summed E-state index contributed by atoms with van der Waals surface area (Å²) in [7, 11) is 0. The van der Waals surface area contributed by atoms with E-state index in [1.54, 1.807) is 18.2 Å². The van der Waals surface area contributed by atoms with Gasteiger partial charge in [0, 0.05) is 16.3 Å². The Morgan fingerprint density at radius 2 is 1.94 bits per heavy atom. The van der Waals surface area contributed by atoms with E-state index in [0.717, 1.165) is 5.33 Å².